The molecule has 1 aromatic rings. The molecule has 2 heteroatoms. The third kappa shape index (κ3) is 4.79. The lowest BCUT2D eigenvalue weighted by molar-refractivity contribution is 0.496. The van der Waals surface area contributed by atoms with Crippen LogP contribution in [0, 0.1) is 29.1 Å². The van der Waals surface area contributed by atoms with Crippen LogP contribution in [-0.4, -0.2) is 6.54 Å². The predicted octanol–water partition coefficient (Wildman–Crippen LogP) is 4.09. The molecule has 0 aliphatic rings. The Labute approximate surface area is 111 Å². The van der Waals surface area contributed by atoms with E-state index >= 15 is 0 Å². The third-order valence-corrected chi connectivity index (χ3v) is 3.09. The number of nitrogens with one attached hydrogen (secondary N) is 1. The van der Waals surface area contributed by atoms with Crippen LogP contribution in [0.3, 0.4) is 0 Å². The van der Waals surface area contributed by atoms with Crippen LogP contribution < -0.4 is 5.32 Å². The Kier molecular flexibility index (Phi) is 5.71. The number of nitrogens with zero attached hydrogens (tertiary/aromatic N) is 1. The molecule has 0 saturated heterocycles. The summed E-state index contributed by atoms with van der Waals surface area (Å²) in [5, 5.41) is 12.4. The van der Waals surface area contributed by atoms with E-state index in [9.17, 15) is 0 Å². The lowest BCUT2D eigenvalue weighted by Gasteiger charge is -2.15. The predicted molar refractivity (Wildman–Crippen MR) is 77.4 cm³/mol. The SMILES string of the molecule is CC(C)Cc1ccc(NCC(C#N)C(C)C)cc1. The molecule has 0 fully saturated rings. The molecule has 0 aliphatic heterocycles. The molecule has 18 heavy (non-hydrogen) atoms. The lowest BCUT2D eigenvalue weighted by Crippen LogP contribution is -2.17. The van der Waals surface area contributed by atoms with Gasteiger partial charge in [0, 0.05) is 12.2 Å². The molecule has 0 heterocycles. The summed E-state index contributed by atoms with van der Waals surface area (Å²) in [6, 6.07) is 10.9. The maximum atomic E-state index is 9.03. The molecule has 0 saturated carbocycles. The van der Waals surface area contributed by atoms with Crippen molar-refractivity contribution in [3.63, 3.8) is 0 Å². The Bertz CT molecular complexity index is 385. The smallest absolute Gasteiger partial charge is 0.0677 e. The molecule has 0 aliphatic carbocycles. The van der Waals surface area contributed by atoms with E-state index in [4.69, 9.17) is 5.26 Å². The zero-order valence-corrected chi connectivity index (χ0v) is 11.9. The molecule has 0 spiro atoms. The Morgan fingerprint density at radius 3 is 2.17 bits per heavy atom. The minimum absolute atomic E-state index is 0.0698. The van der Waals surface area contributed by atoms with Crippen molar-refractivity contribution in [2.24, 2.45) is 17.8 Å². The first-order valence-electron chi connectivity index (χ1n) is 6.75. The van der Waals surface area contributed by atoms with Gasteiger partial charge in [-0.25, -0.2) is 0 Å². The number of hydrogen-bond donors (Lipinski definition) is 1. The van der Waals surface area contributed by atoms with Gasteiger partial charge in [-0.3, -0.25) is 0 Å². The molecule has 1 unspecified atom stereocenters. The first-order valence-corrected chi connectivity index (χ1v) is 6.75. The molecule has 1 aromatic carbocycles. The van der Waals surface area contributed by atoms with Crippen molar-refractivity contribution in [3.05, 3.63) is 29.8 Å². The normalized spacial score (nSPS) is 12.5. The maximum Gasteiger partial charge on any atom is 0.0677 e. The maximum absolute atomic E-state index is 9.03. The quantitative estimate of drug-likeness (QED) is 0.818. The van der Waals surface area contributed by atoms with Crippen molar-refractivity contribution in [3.8, 4) is 6.07 Å². The summed E-state index contributed by atoms with van der Waals surface area (Å²) in [5.74, 6) is 1.15. The molecule has 0 amide bonds. The van der Waals surface area contributed by atoms with Gasteiger partial charge in [0.25, 0.3) is 0 Å². The highest BCUT2D eigenvalue weighted by Crippen LogP contribution is 2.15. The van der Waals surface area contributed by atoms with E-state index in [2.05, 4.69) is 63.3 Å². The molecule has 2 nitrogen and oxygen atoms in total. The fourth-order valence-corrected chi connectivity index (χ4v) is 1.89. The average Bonchev–Trinajstić information content (AvgIpc) is 2.31. The Morgan fingerprint density at radius 1 is 1.11 bits per heavy atom. The van der Waals surface area contributed by atoms with E-state index in [1.807, 2.05) is 0 Å². The molecule has 98 valence electrons. The van der Waals surface area contributed by atoms with E-state index in [0.717, 1.165) is 18.7 Å². The number of nitriles is 1. The lowest BCUT2D eigenvalue weighted by atomic mass is 9.97. The highest BCUT2D eigenvalue weighted by Gasteiger charge is 2.11. The molecule has 0 bridgehead atoms. The number of benzene rings is 1. The Morgan fingerprint density at radius 2 is 1.72 bits per heavy atom. The zero-order chi connectivity index (χ0) is 13.5. The average molecular weight is 244 g/mol. The van der Waals surface area contributed by atoms with Crippen molar-refractivity contribution in [1.82, 2.24) is 0 Å². The second-order valence-electron chi connectivity index (χ2n) is 5.66. The van der Waals surface area contributed by atoms with Crippen molar-refractivity contribution in [2.45, 2.75) is 34.1 Å². The Hall–Kier alpha value is -1.49. The largest absolute Gasteiger partial charge is 0.384 e. The summed E-state index contributed by atoms with van der Waals surface area (Å²) >= 11 is 0. The summed E-state index contributed by atoms with van der Waals surface area (Å²) in [4.78, 5) is 0. The summed E-state index contributed by atoms with van der Waals surface area (Å²) in [7, 11) is 0. The van der Waals surface area contributed by atoms with Gasteiger partial charge in [-0.1, -0.05) is 39.8 Å². The van der Waals surface area contributed by atoms with E-state index in [1.54, 1.807) is 0 Å². The number of hydrogen-bond acceptors (Lipinski definition) is 2. The van der Waals surface area contributed by atoms with Gasteiger partial charge >= 0.3 is 0 Å². The fourth-order valence-electron chi connectivity index (χ4n) is 1.89. The van der Waals surface area contributed by atoms with Crippen LogP contribution in [0.15, 0.2) is 24.3 Å². The van der Waals surface area contributed by atoms with E-state index in [-0.39, 0.29) is 5.92 Å². The highest BCUT2D eigenvalue weighted by molar-refractivity contribution is 5.44. The van der Waals surface area contributed by atoms with Crippen molar-refractivity contribution in [2.75, 3.05) is 11.9 Å². The van der Waals surface area contributed by atoms with Gasteiger partial charge < -0.3 is 5.32 Å². The number of rotatable bonds is 6. The Balaban J connectivity index is 2.51. The molecular formula is C16H24N2. The van der Waals surface area contributed by atoms with Crippen LogP contribution in [0.2, 0.25) is 0 Å². The van der Waals surface area contributed by atoms with Gasteiger partial charge in [0.2, 0.25) is 0 Å². The molecule has 0 aromatic heterocycles. The van der Waals surface area contributed by atoms with Gasteiger partial charge in [-0.05, 0) is 36.0 Å². The van der Waals surface area contributed by atoms with Crippen LogP contribution in [0.5, 0.6) is 0 Å². The molecular weight excluding hydrogens is 220 g/mol. The van der Waals surface area contributed by atoms with Crippen LogP contribution in [0.1, 0.15) is 33.3 Å². The van der Waals surface area contributed by atoms with E-state index in [1.165, 1.54) is 5.56 Å². The van der Waals surface area contributed by atoms with Gasteiger partial charge in [0.05, 0.1) is 12.0 Å². The summed E-state index contributed by atoms with van der Waals surface area (Å²) in [6.07, 6.45) is 1.12. The highest BCUT2D eigenvalue weighted by atomic mass is 14.9. The first-order chi connectivity index (χ1) is 8.52. The van der Waals surface area contributed by atoms with Crippen LogP contribution in [-0.2, 0) is 6.42 Å². The van der Waals surface area contributed by atoms with Crippen LogP contribution in [0.25, 0.3) is 0 Å². The minimum Gasteiger partial charge on any atom is -0.384 e. The summed E-state index contributed by atoms with van der Waals surface area (Å²) in [6.45, 7) is 9.35. The monoisotopic (exact) mass is 244 g/mol. The topological polar surface area (TPSA) is 35.8 Å². The molecule has 0 radical (unpaired) electrons. The third-order valence-electron chi connectivity index (χ3n) is 3.09. The fraction of sp³-hybridized carbons (Fsp3) is 0.562. The first kappa shape index (κ1) is 14.6. The van der Waals surface area contributed by atoms with Gasteiger partial charge in [-0.2, -0.15) is 5.26 Å². The molecule has 1 rings (SSSR count). The van der Waals surface area contributed by atoms with Gasteiger partial charge in [0.1, 0.15) is 0 Å². The second kappa shape index (κ2) is 7.06. The summed E-state index contributed by atoms with van der Waals surface area (Å²) in [5.41, 5.74) is 2.47. The van der Waals surface area contributed by atoms with Crippen molar-refractivity contribution < 1.29 is 0 Å². The summed E-state index contributed by atoms with van der Waals surface area (Å²) < 4.78 is 0. The second-order valence-corrected chi connectivity index (χ2v) is 5.66. The van der Waals surface area contributed by atoms with Gasteiger partial charge in [-0.15, -0.1) is 0 Å². The zero-order valence-electron chi connectivity index (χ0n) is 11.9. The van der Waals surface area contributed by atoms with E-state index < -0.39 is 0 Å². The van der Waals surface area contributed by atoms with Crippen molar-refractivity contribution in [1.29, 1.82) is 5.26 Å². The van der Waals surface area contributed by atoms with Crippen LogP contribution >= 0.6 is 0 Å². The standard InChI is InChI=1S/C16H24N2/c1-12(2)9-14-5-7-16(8-6-14)18-11-15(10-17)13(3)4/h5-8,12-13,15,18H,9,11H2,1-4H3. The van der Waals surface area contributed by atoms with Crippen molar-refractivity contribution >= 4 is 5.69 Å². The van der Waals surface area contributed by atoms with Crippen LogP contribution in [0.4, 0.5) is 5.69 Å². The molecule has 1 atom stereocenters. The van der Waals surface area contributed by atoms with E-state index in [0.29, 0.717) is 11.8 Å². The van der Waals surface area contributed by atoms with Gasteiger partial charge in [0.15, 0.2) is 0 Å². The minimum atomic E-state index is 0.0698. The number of anilines is 1. The molecule has 1 N–H and O–H groups in total.